The van der Waals surface area contributed by atoms with Gasteiger partial charge in [0.25, 0.3) is 5.69 Å². The molecule has 0 aliphatic carbocycles. The lowest BCUT2D eigenvalue weighted by Crippen LogP contribution is -2.29. The van der Waals surface area contributed by atoms with E-state index in [-0.39, 0.29) is 5.69 Å². The molecule has 1 atom stereocenters. The smallest absolute Gasteiger partial charge is 0.274 e. The first-order valence-electron chi connectivity index (χ1n) is 6.64. The highest BCUT2D eigenvalue weighted by molar-refractivity contribution is 5.44. The Kier molecular flexibility index (Phi) is 4.31. The third-order valence-corrected chi connectivity index (χ3v) is 3.57. The van der Waals surface area contributed by atoms with Crippen molar-refractivity contribution < 1.29 is 4.92 Å². The highest BCUT2D eigenvalue weighted by Crippen LogP contribution is 2.20. The molecule has 6 nitrogen and oxygen atoms in total. The summed E-state index contributed by atoms with van der Waals surface area (Å²) in [6.45, 7) is 7.44. The minimum absolute atomic E-state index is 0.0766. The molecule has 1 saturated heterocycles. The fourth-order valence-corrected chi connectivity index (χ4v) is 2.38. The molecule has 104 valence electrons. The van der Waals surface area contributed by atoms with Gasteiger partial charge in [-0.1, -0.05) is 0 Å². The number of anilines is 1. The van der Waals surface area contributed by atoms with Crippen LogP contribution in [0.2, 0.25) is 0 Å². The van der Waals surface area contributed by atoms with Crippen LogP contribution in [-0.4, -0.2) is 40.5 Å². The molecule has 0 spiro atoms. The monoisotopic (exact) mass is 264 g/mol. The van der Waals surface area contributed by atoms with Crippen LogP contribution < -0.4 is 5.32 Å². The minimum Gasteiger partial charge on any atom is -0.370 e. The predicted molar refractivity (Wildman–Crippen MR) is 74.2 cm³/mol. The fraction of sp³-hybridized carbons (Fsp3) is 0.615. The number of likely N-dealkylation sites (tertiary alicyclic amines) is 1. The molecule has 0 radical (unpaired) electrons. The number of hydrogen-bond donors (Lipinski definition) is 1. The van der Waals surface area contributed by atoms with Gasteiger partial charge >= 0.3 is 0 Å². The van der Waals surface area contributed by atoms with Crippen molar-refractivity contribution in [1.82, 2.24) is 9.88 Å². The summed E-state index contributed by atoms with van der Waals surface area (Å²) in [7, 11) is 0. The normalized spacial score (nSPS) is 19.8. The third kappa shape index (κ3) is 3.64. The number of rotatable bonds is 5. The Morgan fingerprint density at radius 3 is 3.05 bits per heavy atom. The summed E-state index contributed by atoms with van der Waals surface area (Å²) in [4.78, 5) is 16.8. The lowest BCUT2D eigenvalue weighted by Gasteiger charge is -2.20. The molecule has 1 aliphatic heterocycles. The summed E-state index contributed by atoms with van der Waals surface area (Å²) in [5.74, 6) is 1.17. The van der Waals surface area contributed by atoms with Crippen LogP contribution in [0.4, 0.5) is 11.5 Å². The maximum Gasteiger partial charge on any atom is 0.274 e. The summed E-state index contributed by atoms with van der Waals surface area (Å²) >= 11 is 0. The van der Waals surface area contributed by atoms with Crippen LogP contribution in [0.25, 0.3) is 0 Å². The van der Waals surface area contributed by atoms with E-state index in [1.165, 1.54) is 24.8 Å². The first-order valence-corrected chi connectivity index (χ1v) is 6.64. The van der Waals surface area contributed by atoms with Gasteiger partial charge in [0.1, 0.15) is 5.82 Å². The van der Waals surface area contributed by atoms with E-state index in [1.807, 2.05) is 0 Å². The zero-order chi connectivity index (χ0) is 13.8. The van der Waals surface area contributed by atoms with Crippen molar-refractivity contribution in [2.45, 2.75) is 26.3 Å². The summed E-state index contributed by atoms with van der Waals surface area (Å²) in [5.41, 5.74) is 0.0766. The molecule has 6 heteroatoms. The van der Waals surface area contributed by atoms with Gasteiger partial charge in [0, 0.05) is 31.4 Å². The van der Waals surface area contributed by atoms with E-state index in [1.54, 1.807) is 0 Å². The van der Waals surface area contributed by atoms with Crippen LogP contribution in [0, 0.1) is 16.0 Å². The van der Waals surface area contributed by atoms with Gasteiger partial charge in [0.05, 0.1) is 11.0 Å². The third-order valence-electron chi connectivity index (χ3n) is 3.57. The van der Waals surface area contributed by atoms with Gasteiger partial charge in [-0.05, 0) is 32.7 Å². The van der Waals surface area contributed by atoms with Gasteiger partial charge < -0.3 is 10.2 Å². The Labute approximate surface area is 113 Å². The quantitative estimate of drug-likeness (QED) is 0.651. The Balaban J connectivity index is 1.86. The first kappa shape index (κ1) is 13.7. The average Bonchev–Trinajstić information content (AvgIpc) is 2.85. The SMILES string of the molecule is CC(C)N1CCC(CNc2cc([N+](=O)[O-])ccn2)C1. The topological polar surface area (TPSA) is 71.3 Å². The van der Waals surface area contributed by atoms with Gasteiger partial charge in [-0.25, -0.2) is 4.98 Å². The molecular weight excluding hydrogens is 244 g/mol. The van der Waals surface area contributed by atoms with Crippen molar-refractivity contribution >= 4 is 11.5 Å². The van der Waals surface area contributed by atoms with E-state index >= 15 is 0 Å². The van der Waals surface area contributed by atoms with Crippen molar-refractivity contribution in [3.8, 4) is 0 Å². The molecular formula is C13H20N4O2. The predicted octanol–water partition coefficient (Wildman–Crippen LogP) is 2.13. The molecule has 19 heavy (non-hydrogen) atoms. The largest absolute Gasteiger partial charge is 0.370 e. The molecule has 0 saturated carbocycles. The molecule has 1 unspecified atom stereocenters. The molecule has 0 amide bonds. The molecule has 1 N–H and O–H groups in total. The van der Waals surface area contributed by atoms with Crippen molar-refractivity contribution in [2.75, 3.05) is 25.0 Å². The van der Waals surface area contributed by atoms with Crippen LogP contribution >= 0.6 is 0 Å². The van der Waals surface area contributed by atoms with Crippen molar-refractivity contribution in [3.05, 3.63) is 28.4 Å². The number of nitro groups is 1. The van der Waals surface area contributed by atoms with Gasteiger partial charge in [-0.15, -0.1) is 0 Å². The highest BCUT2D eigenvalue weighted by atomic mass is 16.6. The number of hydrogen-bond acceptors (Lipinski definition) is 5. The molecule has 1 aromatic heterocycles. The molecule has 1 fully saturated rings. The van der Waals surface area contributed by atoms with E-state index in [2.05, 4.69) is 29.0 Å². The van der Waals surface area contributed by atoms with E-state index in [0.717, 1.165) is 19.6 Å². The maximum absolute atomic E-state index is 10.7. The minimum atomic E-state index is -0.400. The molecule has 1 aromatic rings. The molecule has 0 aromatic carbocycles. The van der Waals surface area contributed by atoms with E-state index in [0.29, 0.717) is 17.8 Å². The van der Waals surface area contributed by atoms with Crippen LogP contribution in [0.15, 0.2) is 18.3 Å². The zero-order valence-electron chi connectivity index (χ0n) is 11.4. The van der Waals surface area contributed by atoms with Crippen molar-refractivity contribution in [3.63, 3.8) is 0 Å². The summed E-state index contributed by atoms with van der Waals surface area (Å²) in [5, 5.41) is 13.9. The van der Waals surface area contributed by atoms with Gasteiger partial charge in [-0.3, -0.25) is 10.1 Å². The van der Waals surface area contributed by atoms with Gasteiger partial charge in [0.15, 0.2) is 0 Å². The average molecular weight is 264 g/mol. The van der Waals surface area contributed by atoms with Gasteiger partial charge in [0.2, 0.25) is 0 Å². The van der Waals surface area contributed by atoms with Crippen molar-refractivity contribution in [1.29, 1.82) is 0 Å². The molecule has 2 rings (SSSR count). The number of nitrogens with one attached hydrogen (secondary N) is 1. The molecule has 2 heterocycles. The fourth-order valence-electron chi connectivity index (χ4n) is 2.38. The number of nitrogens with zero attached hydrogens (tertiary/aromatic N) is 3. The second kappa shape index (κ2) is 5.97. The summed E-state index contributed by atoms with van der Waals surface area (Å²) in [6, 6.07) is 3.47. The van der Waals surface area contributed by atoms with Crippen LogP contribution in [0.1, 0.15) is 20.3 Å². The Bertz CT molecular complexity index is 450. The lowest BCUT2D eigenvalue weighted by atomic mass is 10.1. The first-order chi connectivity index (χ1) is 9.06. The second-order valence-electron chi connectivity index (χ2n) is 5.28. The summed E-state index contributed by atoms with van der Waals surface area (Å²) in [6.07, 6.45) is 2.63. The second-order valence-corrected chi connectivity index (χ2v) is 5.28. The van der Waals surface area contributed by atoms with Crippen molar-refractivity contribution in [2.24, 2.45) is 5.92 Å². The highest BCUT2D eigenvalue weighted by Gasteiger charge is 2.23. The van der Waals surface area contributed by atoms with E-state index < -0.39 is 4.92 Å². The lowest BCUT2D eigenvalue weighted by molar-refractivity contribution is -0.384. The Hall–Kier alpha value is -1.69. The van der Waals surface area contributed by atoms with Crippen LogP contribution in [0.5, 0.6) is 0 Å². The molecule has 1 aliphatic rings. The zero-order valence-corrected chi connectivity index (χ0v) is 11.4. The number of aromatic nitrogens is 1. The maximum atomic E-state index is 10.7. The standard InChI is InChI=1S/C13H20N4O2/c1-10(2)16-6-4-11(9-16)8-15-13-7-12(17(18)19)3-5-14-13/h3,5,7,10-11H,4,6,8-9H2,1-2H3,(H,14,15). The number of pyridine rings is 1. The molecule has 0 bridgehead atoms. The van der Waals surface area contributed by atoms with E-state index in [9.17, 15) is 10.1 Å². The van der Waals surface area contributed by atoms with E-state index in [4.69, 9.17) is 0 Å². The van der Waals surface area contributed by atoms with Gasteiger partial charge in [-0.2, -0.15) is 0 Å². The van der Waals surface area contributed by atoms with Crippen LogP contribution in [0.3, 0.4) is 0 Å². The Morgan fingerprint density at radius 2 is 2.42 bits per heavy atom. The summed E-state index contributed by atoms with van der Waals surface area (Å²) < 4.78 is 0. The van der Waals surface area contributed by atoms with Crippen LogP contribution in [-0.2, 0) is 0 Å². The Morgan fingerprint density at radius 1 is 1.63 bits per heavy atom.